The smallest absolute Gasteiger partial charge is 0.292 e. The number of hydrogen-bond donors (Lipinski definition) is 2. The van der Waals surface area contributed by atoms with Gasteiger partial charge in [-0.3, -0.25) is 4.79 Å². The van der Waals surface area contributed by atoms with Gasteiger partial charge in [0.25, 0.3) is 11.7 Å². The van der Waals surface area contributed by atoms with E-state index in [2.05, 4.69) is 32.9 Å². The maximum absolute atomic E-state index is 11.6. The molecule has 2 rings (SSSR count). The van der Waals surface area contributed by atoms with Gasteiger partial charge in [-0.15, -0.1) is 10.2 Å². The summed E-state index contributed by atoms with van der Waals surface area (Å²) in [5.74, 6) is 1.37. The lowest BCUT2D eigenvalue weighted by Crippen LogP contribution is -2.31. The van der Waals surface area contributed by atoms with Crippen molar-refractivity contribution in [2.45, 2.75) is 39.0 Å². The Labute approximate surface area is 101 Å². The summed E-state index contributed by atoms with van der Waals surface area (Å²) in [5, 5.41) is 15.8. The van der Waals surface area contributed by atoms with E-state index < -0.39 is 0 Å². The number of amides is 1. The number of aromatic amines is 1. The van der Waals surface area contributed by atoms with Gasteiger partial charge in [-0.25, -0.2) is 0 Å². The van der Waals surface area contributed by atoms with E-state index in [9.17, 15) is 4.79 Å². The molecular formula is C11H19N5O. The van der Waals surface area contributed by atoms with Crippen LogP contribution >= 0.6 is 0 Å². The highest BCUT2D eigenvalue weighted by Gasteiger charge is 2.21. The maximum Gasteiger partial charge on any atom is 0.292 e. The van der Waals surface area contributed by atoms with Crippen LogP contribution < -0.4 is 5.32 Å². The van der Waals surface area contributed by atoms with Crippen LogP contribution in [0.25, 0.3) is 0 Å². The molecule has 1 aliphatic rings. The minimum absolute atomic E-state index is 0.118. The molecular weight excluding hydrogens is 218 g/mol. The van der Waals surface area contributed by atoms with Gasteiger partial charge in [-0.05, 0) is 29.9 Å². The summed E-state index contributed by atoms with van der Waals surface area (Å²) in [6, 6.07) is 0. The number of hydrogen-bond acceptors (Lipinski definition) is 4. The molecule has 1 saturated carbocycles. The van der Waals surface area contributed by atoms with E-state index in [0.717, 1.165) is 12.5 Å². The van der Waals surface area contributed by atoms with Gasteiger partial charge in [0.15, 0.2) is 0 Å². The van der Waals surface area contributed by atoms with Crippen molar-refractivity contribution < 1.29 is 4.79 Å². The van der Waals surface area contributed by atoms with E-state index in [-0.39, 0.29) is 11.7 Å². The van der Waals surface area contributed by atoms with Gasteiger partial charge in [-0.2, -0.15) is 5.21 Å². The minimum atomic E-state index is -0.239. The summed E-state index contributed by atoms with van der Waals surface area (Å²) in [4.78, 5) is 11.6. The topological polar surface area (TPSA) is 83.6 Å². The molecule has 0 atom stereocenters. The number of carbonyl (C=O) groups excluding carboxylic acids is 1. The lowest BCUT2D eigenvalue weighted by Gasteiger charge is -2.27. The highest BCUT2D eigenvalue weighted by molar-refractivity contribution is 5.89. The van der Waals surface area contributed by atoms with Crippen LogP contribution in [0.4, 0.5) is 0 Å². The molecule has 0 spiro atoms. The molecule has 6 nitrogen and oxygen atoms in total. The standard InChI is InChI=1S/C11H19N5O/c1-2-8-3-5-9(6-4-8)7-12-11(17)10-13-15-16-14-10/h8-9H,2-7H2,1H3,(H,12,17)(H,13,14,15,16). The Kier molecular flexibility index (Phi) is 4.06. The lowest BCUT2D eigenvalue weighted by molar-refractivity contribution is 0.0931. The first-order chi connectivity index (χ1) is 8.29. The van der Waals surface area contributed by atoms with Gasteiger partial charge >= 0.3 is 0 Å². The second-order valence-electron chi connectivity index (χ2n) is 4.74. The summed E-state index contributed by atoms with van der Waals surface area (Å²) in [7, 11) is 0. The number of carbonyl (C=O) groups is 1. The molecule has 6 heteroatoms. The molecule has 94 valence electrons. The number of nitrogens with zero attached hydrogens (tertiary/aromatic N) is 3. The first kappa shape index (κ1) is 12.0. The van der Waals surface area contributed by atoms with E-state index in [1.165, 1.54) is 32.1 Å². The number of tetrazole rings is 1. The Morgan fingerprint density at radius 3 is 2.65 bits per heavy atom. The van der Waals surface area contributed by atoms with Crippen LogP contribution in [0.2, 0.25) is 0 Å². The average molecular weight is 237 g/mol. The number of nitrogens with one attached hydrogen (secondary N) is 2. The van der Waals surface area contributed by atoms with E-state index in [0.29, 0.717) is 5.92 Å². The van der Waals surface area contributed by atoms with Crippen molar-refractivity contribution >= 4 is 5.91 Å². The largest absolute Gasteiger partial charge is 0.349 e. The SMILES string of the molecule is CCC1CCC(CNC(=O)c2nn[nH]n2)CC1. The van der Waals surface area contributed by atoms with E-state index >= 15 is 0 Å². The van der Waals surface area contributed by atoms with Crippen molar-refractivity contribution in [3.8, 4) is 0 Å². The van der Waals surface area contributed by atoms with Crippen LogP contribution in [0.3, 0.4) is 0 Å². The van der Waals surface area contributed by atoms with Crippen molar-refractivity contribution in [2.75, 3.05) is 6.54 Å². The summed E-state index contributed by atoms with van der Waals surface area (Å²) in [6.07, 6.45) is 6.29. The molecule has 1 amide bonds. The van der Waals surface area contributed by atoms with Gasteiger partial charge in [0, 0.05) is 6.54 Å². The maximum atomic E-state index is 11.6. The lowest BCUT2D eigenvalue weighted by atomic mass is 9.81. The van der Waals surface area contributed by atoms with Gasteiger partial charge in [0.1, 0.15) is 0 Å². The van der Waals surface area contributed by atoms with Crippen molar-refractivity contribution in [1.29, 1.82) is 0 Å². The van der Waals surface area contributed by atoms with Crippen LogP contribution in [0.15, 0.2) is 0 Å². The first-order valence-electron chi connectivity index (χ1n) is 6.31. The third-order valence-corrected chi connectivity index (χ3v) is 3.64. The van der Waals surface area contributed by atoms with Crippen LogP contribution in [0.5, 0.6) is 0 Å². The fourth-order valence-corrected chi connectivity index (χ4v) is 2.42. The molecule has 2 N–H and O–H groups in total. The molecule has 0 aliphatic heterocycles. The Hall–Kier alpha value is -1.46. The zero-order chi connectivity index (χ0) is 12.1. The number of aromatic nitrogens is 4. The monoisotopic (exact) mass is 237 g/mol. The Morgan fingerprint density at radius 1 is 1.35 bits per heavy atom. The fourth-order valence-electron chi connectivity index (χ4n) is 2.42. The number of H-pyrrole nitrogens is 1. The van der Waals surface area contributed by atoms with Crippen LogP contribution in [-0.2, 0) is 0 Å². The van der Waals surface area contributed by atoms with Gasteiger partial charge in [0.2, 0.25) is 0 Å². The van der Waals surface area contributed by atoms with E-state index in [1.807, 2.05) is 0 Å². The van der Waals surface area contributed by atoms with Crippen LogP contribution in [0, 0.1) is 11.8 Å². The van der Waals surface area contributed by atoms with Gasteiger partial charge < -0.3 is 5.32 Å². The van der Waals surface area contributed by atoms with E-state index in [1.54, 1.807) is 0 Å². The number of rotatable bonds is 4. The van der Waals surface area contributed by atoms with Gasteiger partial charge in [0.05, 0.1) is 0 Å². The third kappa shape index (κ3) is 3.25. The Bertz CT molecular complexity index is 343. The minimum Gasteiger partial charge on any atom is -0.349 e. The van der Waals surface area contributed by atoms with Crippen molar-refractivity contribution in [2.24, 2.45) is 11.8 Å². The molecule has 17 heavy (non-hydrogen) atoms. The van der Waals surface area contributed by atoms with Crippen molar-refractivity contribution in [1.82, 2.24) is 25.9 Å². The predicted octanol–water partition coefficient (Wildman–Crippen LogP) is 1.15. The molecule has 0 aromatic carbocycles. The molecule has 1 aromatic rings. The molecule has 0 saturated heterocycles. The normalized spacial score (nSPS) is 24.5. The summed E-state index contributed by atoms with van der Waals surface area (Å²) in [6.45, 7) is 2.98. The Balaban J connectivity index is 1.71. The van der Waals surface area contributed by atoms with Crippen molar-refractivity contribution in [3.05, 3.63) is 5.82 Å². The molecule has 1 aliphatic carbocycles. The highest BCUT2D eigenvalue weighted by Crippen LogP contribution is 2.30. The molecule has 1 heterocycles. The summed E-state index contributed by atoms with van der Waals surface area (Å²) >= 11 is 0. The van der Waals surface area contributed by atoms with E-state index in [4.69, 9.17) is 0 Å². The molecule has 1 fully saturated rings. The molecule has 1 aromatic heterocycles. The predicted molar refractivity (Wildman–Crippen MR) is 62.2 cm³/mol. The highest BCUT2D eigenvalue weighted by atomic mass is 16.2. The zero-order valence-electron chi connectivity index (χ0n) is 10.1. The summed E-state index contributed by atoms with van der Waals surface area (Å²) < 4.78 is 0. The Morgan fingerprint density at radius 2 is 2.06 bits per heavy atom. The first-order valence-corrected chi connectivity index (χ1v) is 6.31. The zero-order valence-corrected chi connectivity index (χ0v) is 10.1. The second kappa shape index (κ2) is 5.75. The molecule has 0 bridgehead atoms. The second-order valence-corrected chi connectivity index (χ2v) is 4.74. The molecule has 0 unspecified atom stereocenters. The van der Waals surface area contributed by atoms with Crippen LogP contribution in [-0.4, -0.2) is 33.1 Å². The third-order valence-electron chi connectivity index (χ3n) is 3.64. The van der Waals surface area contributed by atoms with Crippen LogP contribution in [0.1, 0.15) is 49.6 Å². The van der Waals surface area contributed by atoms with Gasteiger partial charge in [-0.1, -0.05) is 26.2 Å². The van der Waals surface area contributed by atoms with Crippen molar-refractivity contribution in [3.63, 3.8) is 0 Å². The summed E-state index contributed by atoms with van der Waals surface area (Å²) in [5.41, 5.74) is 0. The fraction of sp³-hybridized carbons (Fsp3) is 0.818. The average Bonchev–Trinajstić information content (AvgIpc) is 2.90. The molecule has 0 radical (unpaired) electrons. The quantitative estimate of drug-likeness (QED) is 0.822.